The predicted octanol–water partition coefficient (Wildman–Crippen LogP) is 5.84. The predicted molar refractivity (Wildman–Crippen MR) is 147 cm³/mol. The van der Waals surface area contributed by atoms with Gasteiger partial charge in [0.05, 0.1) is 17.5 Å². The van der Waals surface area contributed by atoms with Gasteiger partial charge in [0.1, 0.15) is 28.4 Å². The second-order valence-electron chi connectivity index (χ2n) is 8.72. The standard InChI is InChI=1S/C27H16N10O2S/c1-2-4-16-14(3-1)13-17(39-16)19-21(25-34-36-37-35-25)20(24-28-7-8-29-24)18(15-5-6-32-33-15)22(26-30-9-11-38-26)23(19)27-31-10-12-40-27/h1-13H,(H,28,29)(H,32,33)(H,34,35,36,37). The van der Waals surface area contributed by atoms with Crippen molar-refractivity contribution in [3.8, 4) is 67.4 Å². The second-order valence-corrected chi connectivity index (χ2v) is 9.61. The number of hydrogen-bond acceptors (Lipinski definition) is 10. The van der Waals surface area contributed by atoms with E-state index in [1.807, 2.05) is 41.8 Å². The first-order valence-corrected chi connectivity index (χ1v) is 13.0. The van der Waals surface area contributed by atoms with Gasteiger partial charge in [-0.25, -0.2) is 20.1 Å². The number of furan rings is 1. The van der Waals surface area contributed by atoms with Crippen molar-refractivity contribution in [2.24, 2.45) is 0 Å². The number of thiazole rings is 1. The SMILES string of the molecule is c1ccc2oc(-c3c(-c4nnn[nH]4)c(-c4ncc[nH]4)c(-c4cc[nH]n4)c(-c4ncco4)c3-c3nccs3)cc2c1. The summed E-state index contributed by atoms with van der Waals surface area (Å²) in [5.41, 5.74) is 5.51. The molecule has 0 aliphatic heterocycles. The molecule has 0 radical (unpaired) electrons. The molecule has 0 spiro atoms. The lowest BCUT2D eigenvalue weighted by molar-refractivity contribution is 0.575. The molecule has 0 fully saturated rings. The fourth-order valence-corrected chi connectivity index (χ4v) is 5.71. The average Bonchev–Trinajstić information content (AvgIpc) is 3.84. The number of fused-ring (bicyclic) bond motifs is 1. The van der Waals surface area contributed by atoms with Gasteiger partial charge in [0.15, 0.2) is 5.82 Å². The Morgan fingerprint density at radius 2 is 1.75 bits per heavy atom. The number of H-pyrrole nitrogens is 3. The molecular formula is C27H16N10O2S. The number of aromatic amines is 3. The molecule has 0 aliphatic rings. The van der Waals surface area contributed by atoms with E-state index in [0.717, 1.165) is 21.5 Å². The number of hydrogen-bond donors (Lipinski definition) is 3. The van der Waals surface area contributed by atoms with Crippen LogP contribution in [0.2, 0.25) is 0 Å². The number of rotatable bonds is 6. The molecule has 0 aliphatic carbocycles. The quantitative estimate of drug-likeness (QED) is 0.233. The van der Waals surface area contributed by atoms with Crippen molar-refractivity contribution in [1.29, 1.82) is 0 Å². The highest BCUT2D eigenvalue weighted by atomic mass is 32.1. The Labute approximate surface area is 228 Å². The van der Waals surface area contributed by atoms with Gasteiger partial charge < -0.3 is 13.8 Å². The summed E-state index contributed by atoms with van der Waals surface area (Å²) in [5, 5.41) is 26.2. The molecule has 0 bridgehead atoms. The van der Waals surface area contributed by atoms with E-state index < -0.39 is 0 Å². The summed E-state index contributed by atoms with van der Waals surface area (Å²) in [7, 11) is 0. The summed E-state index contributed by atoms with van der Waals surface area (Å²) in [6, 6.07) is 11.7. The second kappa shape index (κ2) is 8.96. The number of benzene rings is 2. The monoisotopic (exact) mass is 544 g/mol. The molecule has 6 heterocycles. The zero-order valence-corrected chi connectivity index (χ0v) is 21.2. The topological polar surface area (TPSA) is 164 Å². The lowest BCUT2D eigenvalue weighted by atomic mass is 9.83. The Balaban J connectivity index is 1.66. The number of nitrogens with one attached hydrogen (secondary N) is 3. The van der Waals surface area contributed by atoms with Crippen LogP contribution in [0, 0.1) is 0 Å². The van der Waals surface area contributed by atoms with Gasteiger partial charge in [-0.3, -0.25) is 5.10 Å². The van der Waals surface area contributed by atoms with Crippen LogP contribution in [0.3, 0.4) is 0 Å². The van der Waals surface area contributed by atoms with E-state index in [4.69, 9.17) is 13.8 Å². The van der Waals surface area contributed by atoms with Crippen LogP contribution in [-0.2, 0) is 0 Å². The van der Waals surface area contributed by atoms with E-state index in [1.165, 1.54) is 17.6 Å². The molecule has 0 amide bonds. The highest BCUT2D eigenvalue weighted by Gasteiger charge is 2.35. The molecule has 0 saturated heterocycles. The third kappa shape index (κ3) is 3.41. The highest BCUT2D eigenvalue weighted by molar-refractivity contribution is 7.13. The van der Waals surface area contributed by atoms with Crippen molar-refractivity contribution in [3.63, 3.8) is 0 Å². The molecule has 3 N–H and O–H groups in total. The molecule has 6 aromatic heterocycles. The van der Waals surface area contributed by atoms with E-state index in [2.05, 4.69) is 45.8 Å². The molecule has 12 nitrogen and oxygen atoms in total. The van der Waals surface area contributed by atoms with Crippen molar-refractivity contribution in [2.45, 2.75) is 0 Å². The Morgan fingerprint density at radius 1 is 0.800 bits per heavy atom. The number of nitrogens with zero attached hydrogens (tertiary/aromatic N) is 7. The molecule has 0 saturated carbocycles. The summed E-state index contributed by atoms with van der Waals surface area (Å²) in [6.07, 6.45) is 10.1. The number of oxazole rings is 1. The third-order valence-corrected chi connectivity index (χ3v) is 7.33. The molecule has 2 aromatic carbocycles. The molecule has 8 aromatic rings. The van der Waals surface area contributed by atoms with Gasteiger partial charge in [0.25, 0.3) is 0 Å². The van der Waals surface area contributed by atoms with Crippen molar-refractivity contribution < 1.29 is 8.83 Å². The van der Waals surface area contributed by atoms with E-state index in [-0.39, 0.29) is 0 Å². The minimum atomic E-state index is 0.385. The molecule has 0 atom stereocenters. The minimum absolute atomic E-state index is 0.385. The molecular weight excluding hydrogens is 528 g/mol. The molecule has 8 rings (SSSR count). The van der Waals surface area contributed by atoms with Crippen LogP contribution < -0.4 is 0 Å². The zero-order chi connectivity index (χ0) is 26.5. The van der Waals surface area contributed by atoms with E-state index in [0.29, 0.717) is 56.8 Å². The first kappa shape index (κ1) is 22.3. The van der Waals surface area contributed by atoms with Gasteiger partial charge >= 0.3 is 0 Å². The molecule has 0 unspecified atom stereocenters. The van der Waals surface area contributed by atoms with Gasteiger partial charge in [-0.2, -0.15) is 5.10 Å². The summed E-state index contributed by atoms with van der Waals surface area (Å²) in [5.74, 6) is 1.96. The van der Waals surface area contributed by atoms with Crippen LogP contribution in [0.1, 0.15) is 0 Å². The van der Waals surface area contributed by atoms with Crippen molar-refractivity contribution in [2.75, 3.05) is 0 Å². The highest BCUT2D eigenvalue weighted by Crippen LogP contribution is 2.54. The van der Waals surface area contributed by atoms with E-state index >= 15 is 0 Å². The lowest BCUT2D eigenvalue weighted by Crippen LogP contribution is -2.03. The van der Waals surface area contributed by atoms with E-state index in [1.54, 1.807) is 31.0 Å². The molecule has 40 heavy (non-hydrogen) atoms. The van der Waals surface area contributed by atoms with Crippen molar-refractivity contribution >= 4 is 22.3 Å². The smallest absolute Gasteiger partial charge is 0.227 e. The van der Waals surface area contributed by atoms with Crippen LogP contribution in [0.25, 0.3) is 78.4 Å². The first-order valence-electron chi connectivity index (χ1n) is 12.1. The maximum absolute atomic E-state index is 6.50. The zero-order valence-electron chi connectivity index (χ0n) is 20.4. The van der Waals surface area contributed by atoms with Gasteiger partial charge in [-0.1, -0.05) is 18.2 Å². The maximum atomic E-state index is 6.50. The Kier molecular flexibility index (Phi) is 4.99. The van der Waals surface area contributed by atoms with Crippen molar-refractivity contribution in [3.05, 3.63) is 79.0 Å². The largest absolute Gasteiger partial charge is 0.456 e. The Morgan fingerprint density at radius 3 is 2.48 bits per heavy atom. The van der Waals surface area contributed by atoms with Crippen LogP contribution >= 0.6 is 11.3 Å². The minimum Gasteiger partial charge on any atom is -0.456 e. The summed E-state index contributed by atoms with van der Waals surface area (Å²) >= 11 is 1.48. The Hall–Kier alpha value is -5.69. The number of aromatic nitrogens is 10. The summed E-state index contributed by atoms with van der Waals surface area (Å²) in [6.45, 7) is 0. The Bertz CT molecular complexity index is 1920. The van der Waals surface area contributed by atoms with Crippen LogP contribution in [-0.4, -0.2) is 50.8 Å². The van der Waals surface area contributed by atoms with Gasteiger partial charge in [0.2, 0.25) is 5.89 Å². The lowest BCUT2D eigenvalue weighted by Gasteiger charge is -2.21. The first-order chi connectivity index (χ1) is 19.9. The van der Waals surface area contributed by atoms with Gasteiger partial charge in [-0.05, 0) is 28.6 Å². The number of tetrazole rings is 1. The normalized spacial score (nSPS) is 11.5. The fraction of sp³-hybridized carbons (Fsp3) is 0. The number of imidazole rings is 1. The molecule has 13 heteroatoms. The molecule has 192 valence electrons. The van der Waals surface area contributed by atoms with Crippen molar-refractivity contribution in [1.82, 2.24) is 50.8 Å². The van der Waals surface area contributed by atoms with Crippen LogP contribution in [0.4, 0.5) is 0 Å². The fourth-order valence-electron chi connectivity index (χ4n) is 5.02. The maximum Gasteiger partial charge on any atom is 0.227 e. The van der Waals surface area contributed by atoms with Gasteiger partial charge in [0, 0.05) is 63.4 Å². The third-order valence-electron chi connectivity index (χ3n) is 6.54. The number of para-hydroxylation sites is 1. The van der Waals surface area contributed by atoms with Gasteiger partial charge in [-0.15, -0.1) is 16.4 Å². The average molecular weight is 545 g/mol. The van der Waals surface area contributed by atoms with E-state index in [9.17, 15) is 0 Å². The van der Waals surface area contributed by atoms with Crippen LogP contribution in [0.5, 0.6) is 0 Å². The summed E-state index contributed by atoms with van der Waals surface area (Å²) < 4.78 is 12.5. The van der Waals surface area contributed by atoms with Crippen LogP contribution in [0.15, 0.2) is 87.9 Å². The summed E-state index contributed by atoms with van der Waals surface area (Å²) in [4.78, 5) is 17.2.